The van der Waals surface area contributed by atoms with Crippen molar-refractivity contribution in [2.75, 3.05) is 80.5 Å². The van der Waals surface area contributed by atoms with E-state index in [1.165, 1.54) is 65.2 Å². The average molecular weight is 516 g/mol. The summed E-state index contributed by atoms with van der Waals surface area (Å²) < 4.78 is 65.4. The topological polar surface area (TPSA) is 192 Å². The van der Waals surface area contributed by atoms with Gasteiger partial charge in [-0.05, 0) is 67.2 Å². The van der Waals surface area contributed by atoms with E-state index < -0.39 is 20.5 Å². The van der Waals surface area contributed by atoms with Gasteiger partial charge in [-0.1, -0.05) is 0 Å². The van der Waals surface area contributed by atoms with Crippen molar-refractivity contribution in [3.05, 3.63) is 0 Å². The molecule has 15 heteroatoms. The van der Waals surface area contributed by atoms with Crippen LogP contribution in [0.15, 0.2) is 0 Å². The molecule has 1 fully saturated rings. The molecule has 1 aliphatic rings. The fourth-order valence-corrected chi connectivity index (χ4v) is 2.35. The summed E-state index contributed by atoms with van der Waals surface area (Å²) >= 11 is 0. The predicted octanol–water partition coefficient (Wildman–Crippen LogP) is -7.74. The second kappa shape index (κ2) is 18.2. The van der Waals surface area contributed by atoms with Crippen LogP contribution >= 0.6 is 0 Å². The number of nitrogens with zero attached hydrogens (tertiary/aromatic N) is 4. The molecule has 181 valence electrons. The smallest absolute Gasteiger partial charge is 0.0777 e. The van der Waals surface area contributed by atoms with Crippen molar-refractivity contribution in [1.29, 1.82) is 0 Å². The van der Waals surface area contributed by atoms with Gasteiger partial charge in [-0.3, -0.25) is 0 Å². The molecule has 2 N–H and O–H groups in total. The fraction of sp³-hybridized carbons (Fsp3) is 1.00. The molecule has 1 heterocycles. The molecule has 0 saturated carbocycles. The molecule has 12 nitrogen and oxygen atoms in total. The molecule has 0 amide bonds. The summed E-state index contributed by atoms with van der Waals surface area (Å²) in [5.41, 5.74) is 0. The Morgan fingerprint density at radius 2 is 0.621 bits per heavy atom. The van der Waals surface area contributed by atoms with Gasteiger partial charge in [-0.2, -0.15) is 28.0 Å². The van der Waals surface area contributed by atoms with E-state index in [0.29, 0.717) is 0 Å². The number of hydrogen-bond acceptors (Lipinski definition) is 12. The maximum absolute atomic E-state index is 8.60. The van der Waals surface area contributed by atoms with Gasteiger partial charge in [0.15, 0.2) is 0 Å². The number of rotatable bonds is 0. The summed E-state index contributed by atoms with van der Waals surface area (Å²) in [5.74, 6) is 0. The van der Waals surface area contributed by atoms with Crippen LogP contribution in [0.4, 0.5) is 0 Å². The Kier molecular flexibility index (Phi) is 21.5. The molecule has 0 aliphatic carbocycles. The standard InChI is InChI=1S/C14H32N4.2ClHO4.Co/c1-15-7-5-8-17(3)13-14-18(4)10-6-9-16(2)12-11-15;2*2-1(3,4)5;/h5-14H2,1-4H3;2*(H,2,3,4,5);. The maximum Gasteiger partial charge on any atom is 0.0777 e. The van der Waals surface area contributed by atoms with Crippen molar-refractivity contribution in [3.63, 3.8) is 0 Å². The van der Waals surface area contributed by atoms with Crippen LogP contribution in [0.25, 0.3) is 0 Å². The van der Waals surface area contributed by atoms with Gasteiger partial charge in [0.05, 0.1) is 29.8 Å². The van der Waals surface area contributed by atoms with Gasteiger partial charge >= 0.3 is 0 Å². The summed E-state index contributed by atoms with van der Waals surface area (Å²) in [6.45, 7) is 9.63. The molecule has 29 heavy (non-hydrogen) atoms. The SMILES string of the molecule is CN1CCCN(C)CCN(C)CCCN(C)CC1.[Co].[O-][Cl+3]([O-])([O-])O.[O-][Cl+3]([O-])([O-])O. The van der Waals surface area contributed by atoms with Crippen LogP contribution in [0.2, 0.25) is 0 Å². The van der Waals surface area contributed by atoms with Crippen molar-refractivity contribution >= 4 is 0 Å². The molecule has 0 atom stereocenters. The van der Waals surface area contributed by atoms with Crippen LogP contribution in [0.5, 0.6) is 0 Å². The van der Waals surface area contributed by atoms with E-state index in [2.05, 4.69) is 47.8 Å². The van der Waals surface area contributed by atoms with E-state index in [0.717, 1.165) is 0 Å². The second-order valence-corrected chi connectivity index (χ2v) is 8.30. The Hall–Kier alpha value is 0.606. The molecule has 1 aliphatic heterocycles. The third kappa shape index (κ3) is 39.6. The van der Waals surface area contributed by atoms with Gasteiger partial charge in [-0.25, -0.2) is 0 Å². The minimum atomic E-state index is -4.69. The van der Waals surface area contributed by atoms with Crippen LogP contribution in [-0.2, 0) is 16.8 Å². The van der Waals surface area contributed by atoms with Crippen molar-refractivity contribution < 1.29 is 74.5 Å². The first-order valence-corrected chi connectivity index (χ1v) is 11.1. The summed E-state index contributed by atoms with van der Waals surface area (Å²) in [5, 5.41) is 0. The Bertz CT molecular complexity index is 315. The maximum atomic E-state index is 8.60. The molecule has 1 radical (unpaired) electrons. The zero-order valence-corrected chi connectivity index (χ0v) is 19.8. The molecule has 0 unspecified atom stereocenters. The molecular weight excluding hydrogens is 482 g/mol. The summed E-state index contributed by atoms with van der Waals surface area (Å²) in [7, 11) is -0.415. The van der Waals surface area contributed by atoms with E-state index in [-0.39, 0.29) is 16.8 Å². The second-order valence-electron chi connectivity index (χ2n) is 6.71. The third-order valence-electron chi connectivity index (χ3n) is 3.89. The van der Waals surface area contributed by atoms with Crippen molar-refractivity contribution in [2.45, 2.75) is 12.8 Å². The van der Waals surface area contributed by atoms with Gasteiger partial charge in [-0.15, -0.1) is 0 Å². The molecular formula is C14H34Cl2CoN4O8. The Morgan fingerprint density at radius 1 is 0.483 bits per heavy atom. The zero-order chi connectivity index (χ0) is 22.4. The summed E-state index contributed by atoms with van der Waals surface area (Å²) in [4.78, 5) is 9.84. The van der Waals surface area contributed by atoms with Gasteiger partial charge in [0.25, 0.3) is 0 Å². The zero-order valence-electron chi connectivity index (χ0n) is 17.3. The molecule has 0 spiro atoms. The first-order chi connectivity index (χ1) is 12.6. The van der Waals surface area contributed by atoms with Gasteiger partial charge in [0.2, 0.25) is 0 Å². The van der Waals surface area contributed by atoms with Gasteiger partial charge in [0, 0.05) is 43.0 Å². The normalized spacial score (nSPS) is 20.3. The van der Waals surface area contributed by atoms with Crippen LogP contribution in [0, 0.1) is 20.5 Å². The van der Waals surface area contributed by atoms with E-state index in [9.17, 15) is 0 Å². The minimum absolute atomic E-state index is 0. The van der Waals surface area contributed by atoms with Crippen molar-refractivity contribution in [2.24, 2.45) is 0 Å². The van der Waals surface area contributed by atoms with E-state index in [1.807, 2.05) is 0 Å². The quantitative estimate of drug-likeness (QED) is 0.310. The van der Waals surface area contributed by atoms with Crippen LogP contribution in [0.1, 0.15) is 12.8 Å². The van der Waals surface area contributed by atoms with E-state index in [4.69, 9.17) is 37.3 Å². The number of hydrogen-bond donors (Lipinski definition) is 2. The molecule has 1 rings (SSSR count). The van der Waals surface area contributed by atoms with E-state index >= 15 is 0 Å². The van der Waals surface area contributed by atoms with Crippen LogP contribution < -0.4 is 28.0 Å². The van der Waals surface area contributed by atoms with E-state index in [1.54, 1.807) is 0 Å². The average Bonchev–Trinajstić information content (AvgIpc) is 2.47. The Morgan fingerprint density at radius 3 is 0.759 bits per heavy atom. The predicted molar refractivity (Wildman–Crippen MR) is 83.7 cm³/mol. The molecule has 0 bridgehead atoms. The first kappa shape index (κ1) is 34.2. The van der Waals surface area contributed by atoms with Crippen LogP contribution in [0.3, 0.4) is 0 Å². The largest absolute Gasteiger partial charge is 0.305 e. The minimum Gasteiger partial charge on any atom is -0.305 e. The molecule has 0 aromatic heterocycles. The third-order valence-corrected chi connectivity index (χ3v) is 3.89. The van der Waals surface area contributed by atoms with Crippen LogP contribution in [-0.4, -0.2) is 109 Å². The number of likely N-dealkylation sites (N-methyl/N-ethyl adjacent to an activating group) is 4. The Labute approximate surface area is 187 Å². The van der Waals surface area contributed by atoms with Gasteiger partial charge in [0.1, 0.15) is 0 Å². The summed E-state index contributed by atoms with van der Waals surface area (Å²) in [6, 6.07) is 0. The van der Waals surface area contributed by atoms with Crippen molar-refractivity contribution in [3.8, 4) is 0 Å². The molecule has 0 aromatic rings. The Balaban J connectivity index is -0.000000512. The molecule has 1 saturated heterocycles. The number of halogens is 2. The first-order valence-electron chi connectivity index (χ1n) is 8.58. The fourth-order valence-electron chi connectivity index (χ4n) is 2.35. The monoisotopic (exact) mass is 515 g/mol. The molecule has 0 aromatic carbocycles. The summed E-state index contributed by atoms with van der Waals surface area (Å²) in [6.07, 6.45) is 2.56. The van der Waals surface area contributed by atoms with Crippen molar-refractivity contribution in [1.82, 2.24) is 19.6 Å². The van der Waals surface area contributed by atoms with Gasteiger partial charge < -0.3 is 19.6 Å².